The lowest BCUT2D eigenvalue weighted by molar-refractivity contribution is -0.135. The van der Waals surface area contributed by atoms with E-state index < -0.39 is 0 Å². The first kappa shape index (κ1) is 14.0. The Morgan fingerprint density at radius 2 is 2.05 bits per heavy atom. The van der Waals surface area contributed by atoms with Crippen molar-refractivity contribution >= 4 is 16.9 Å². The van der Waals surface area contributed by atoms with Gasteiger partial charge in [-0.2, -0.15) is 0 Å². The number of hydrogen-bond acceptors (Lipinski definition) is 4. The van der Waals surface area contributed by atoms with E-state index in [0.717, 1.165) is 16.9 Å². The average Bonchev–Trinajstić information content (AvgIpc) is 2.86. The number of aromatic nitrogens is 2. The summed E-state index contributed by atoms with van der Waals surface area (Å²) in [6.45, 7) is 3.40. The van der Waals surface area contributed by atoms with Crippen molar-refractivity contribution in [3.8, 4) is 0 Å². The minimum absolute atomic E-state index is 0.111. The number of fused-ring (bicyclic) bond motifs is 1. The van der Waals surface area contributed by atoms with Gasteiger partial charge in [0.15, 0.2) is 0 Å². The summed E-state index contributed by atoms with van der Waals surface area (Å²) in [5.41, 5.74) is 7.56. The average molecular weight is 288 g/mol. The molecule has 1 aromatic carbocycles. The molecule has 0 spiro atoms. The number of morpholine rings is 1. The molecule has 6 heteroatoms. The van der Waals surface area contributed by atoms with E-state index >= 15 is 0 Å². The number of nitrogens with zero attached hydrogens (tertiary/aromatic N) is 3. The van der Waals surface area contributed by atoms with Crippen LogP contribution >= 0.6 is 0 Å². The zero-order valence-electron chi connectivity index (χ0n) is 12.0. The number of amides is 1. The molecule has 0 bridgehead atoms. The fraction of sp³-hybridized carbons (Fsp3) is 0.467. The number of imidazole rings is 1. The number of rotatable bonds is 4. The molecular formula is C15H20N4O2. The van der Waals surface area contributed by atoms with Crippen LogP contribution in [-0.2, 0) is 22.5 Å². The van der Waals surface area contributed by atoms with Gasteiger partial charge in [-0.05, 0) is 18.7 Å². The van der Waals surface area contributed by atoms with Crippen LogP contribution in [0.5, 0.6) is 0 Å². The summed E-state index contributed by atoms with van der Waals surface area (Å²) in [5, 5.41) is 0. The van der Waals surface area contributed by atoms with Crippen LogP contribution in [0.2, 0.25) is 0 Å². The van der Waals surface area contributed by atoms with Crippen LogP contribution in [0.25, 0.3) is 11.0 Å². The molecule has 1 amide bonds. The number of carbonyl (C=O) groups excluding carboxylic acids is 1. The third-order valence-corrected chi connectivity index (χ3v) is 3.76. The Hall–Kier alpha value is -1.92. The first-order valence-electron chi connectivity index (χ1n) is 7.29. The van der Waals surface area contributed by atoms with E-state index in [2.05, 4.69) is 4.98 Å². The molecule has 0 radical (unpaired) electrons. The third-order valence-electron chi connectivity index (χ3n) is 3.76. The summed E-state index contributed by atoms with van der Waals surface area (Å²) in [7, 11) is 0. The molecular weight excluding hydrogens is 268 g/mol. The minimum Gasteiger partial charge on any atom is -0.378 e. The Balaban J connectivity index is 1.87. The lowest BCUT2D eigenvalue weighted by atomic mass is 10.3. The van der Waals surface area contributed by atoms with E-state index in [1.807, 2.05) is 33.7 Å². The van der Waals surface area contributed by atoms with E-state index in [-0.39, 0.29) is 5.91 Å². The Morgan fingerprint density at radius 1 is 1.29 bits per heavy atom. The van der Waals surface area contributed by atoms with Gasteiger partial charge in [0, 0.05) is 19.5 Å². The van der Waals surface area contributed by atoms with Crippen LogP contribution in [0.4, 0.5) is 0 Å². The highest BCUT2D eigenvalue weighted by molar-refractivity contribution is 5.81. The number of nitrogens with two attached hydrogens (primary N) is 1. The molecule has 1 saturated heterocycles. The van der Waals surface area contributed by atoms with Gasteiger partial charge in [-0.1, -0.05) is 12.1 Å². The van der Waals surface area contributed by atoms with Crippen molar-refractivity contribution in [2.45, 2.75) is 13.0 Å². The Morgan fingerprint density at radius 3 is 2.81 bits per heavy atom. The maximum absolute atomic E-state index is 12.5. The number of ether oxygens (including phenoxy) is 1. The summed E-state index contributed by atoms with van der Waals surface area (Å²) < 4.78 is 7.27. The topological polar surface area (TPSA) is 73.4 Å². The number of para-hydroxylation sites is 2. The summed E-state index contributed by atoms with van der Waals surface area (Å²) in [4.78, 5) is 18.9. The van der Waals surface area contributed by atoms with Crippen LogP contribution in [0.1, 0.15) is 5.82 Å². The van der Waals surface area contributed by atoms with Crippen molar-refractivity contribution in [3.05, 3.63) is 30.1 Å². The number of carbonyl (C=O) groups is 1. The molecule has 0 saturated carbocycles. The SMILES string of the molecule is NCCc1nc2ccccc2n1CC(=O)N1CCOCC1. The van der Waals surface area contributed by atoms with Crippen LogP contribution in [0.3, 0.4) is 0 Å². The minimum atomic E-state index is 0.111. The predicted octanol–water partition coefficient (Wildman–Crippen LogP) is 0.396. The third kappa shape index (κ3) is 2.91. The highest BCUT2D eigenvalue weighted by Gasteiger charge is 2.19. The van der Waals surface area contributed by atoms with E-state index in [1.54, 1.807) is 0 Å². The Bertz CT molecular complexity index is 632. The van der Waals surface area contributed by atoms with Gasteiger partial charge in [0.25, 0.3) is 0 Å². The lowest BCUT2D eigenvalue weighted by Gasteiger charge is -2.27. The van der Waals surface area contributed by atoms with E-state index in [9.17, 15) is 4.79 Å². The molecule has 0 aliphatic carbocycles. The molecule has 1 aliphatic rings. The van der Waals surface area contributed by atoms with Crippen LogP contribution in [0.15, 0.2) is 24.3 Å². The van der Waals surface area contributed by atoms with Gasteiger partial charge in [-0.15, -0.1) is 0 Å². The van der Waals surface area contributed by atoms with E-state index in [1.165, 1.54) is 0 Å². The van der Waals surface area contributed by atoms with Crippen molar-refractivity contribution in [1.82, 2.24) is 14.5 Å². The standard InChI is InChI=1S/C15H20N4O2/c16-6-5-14-17-12-3-1-2-4-13(12)19(14)11-15(20)18-7-9-21-10-8-18/h1-4H,5-11,16H2. The second kappa shape index (κ2) is 6.24. The fourth-order valence-electron chi connectivity index (χ4n) is 2.67. The zero-order chi connectivity index (χ0) is 14.7. The van der Waals surface area contributed by atoms with Gasteiger partial charge in [0.2, 0.25) is 5.91 Å². The van der Waals surface area contributed by atoms with E-state index in [4.69, 9.17) is 10.5 Å². The zero-order valence-corrected chi connectivity index (χ0v) is 12.0. The smallest absolute Gasteiger partial charge is 0.242 e. The number of benzene rings is 1. The highest BCUT2D eigenvalue weighted by atomic mass is 16.5. The Labute approximate surface area is 123 Å². The molecule has 3 rings (SSSR count). The van der Waals surface area contributed by atoms with Crippen molar-refractivity contribution in [2.75, 3.05) is 32.8 Å². The van der Waals surface area contributed by atoms with Gasteiger partial charge in [0.1, 0.15) is 12.4 Å². The fourth-order valence-corrected chi connectivity index (χ4v) is 2.67. The normalized spacial score (nSPS) is 15.6. The van der Waals surface area contributed by atoms with Crippen molar-refractivity contribution in [2.24, 2.45) is 5.73 Å². The van der Waals surface area contributed by atoms with Crippen LogP contribution in [0, 0.1) is 0 Å². The molecule has 1 aromatic heterocycles. The predicted molar refractivity (Wildman–Crippen MR) is 79.9 cm³/mol. The monoisotopic (exact) mass is 288 g/mol. The van der Waals surface area contributed by atoms with Gasteiger partial charge in [0.05, 0.1) is 24.2 Å². The summed E-state index contributed by atoms with van der Waals surface area (Å²) in [6.07, 6.45) is 0.672. The molecule has 0 unspecified atom stereocenters. The second-order valence-electron chi connectivity index (χ2n) is 5.13. The first-order valence-corrected chi connectivity index (χ1v) is 7.29. The largest absolute Gasteiger partial charge is 0.378 e. The van der Waals surface area contributed by atoms with Crippen LogP contribution < -0.4 is 5.73 Å². The molecule has 2 N–H and O–H groups in total. The molecule has 1 aliphatic heterocycles. The molecule has 112 valence electrons. The number of hydrogen-bond donors (Lipinski definition) is 1. The maximum atomic E-state index is 12.5. The summed E-state index contributed by atoms with van der Waals surface area (Å²) >= 11 is 0. The van der Waals surface area contributed by atoms with Gasteiger partial charge >= 0.3 is 0 Å². The maximum Gasteiger partial charge on any atom is 0.242 e. The van der Waals surface area contributed by atoms with E-state index in [0.29, 0.717) is 45.8 Å². The van der Waals surface area contributed by atoms with Gasteiger partial charge in [-0.25, -0.2) is 4.98 Å². The van der Waals surface area contributed by atoms with Gasteiger partial charge in [-0.3, -0.25) is 4.79 Å². The summed E-state index contributed by atoms with van der Waals surface area (Å²) in [5.74, 6) is 0.986. The molecule has 21 heavy (non-hydrogen) atoms. The molecule has 6 nitrogen and oxygen atoms in total. The molecule has 1 fully saturated rings. The molecule has 2 aromatic rings. The van der Waals surface area contributed by atoms with Crippen molar-refractivity contribution < 1.29 is 9.53 Å². The quantitative estimate of drug-likeness (QED) is 0.883. The highest BCUT2D eigenvalue weighted by Crippen LogP contribution is 2.17. The first-order chi connectivity index (χ1) is 10.3. The molecule has 2 heterocycles. The summed E-state index contributed by atoms with van der Waals surface area (Å²) in [6, 6.07) is 7.88. The Kier molecular flexibility index (Phi) is 4.17. The van der Waals surface area contributed by atoms with Crippen LogP contribution in [-0.4, -0.2) is 53.2 Å². The second-order valence-corrected chi connectivity index (χ2v) is 5.13. The lowest BCUT2D eigenvalue weighted by Crippen LogP contribution is -2.42. The van der Waals surface area contributed by atoms with Crippen molar-refractivity contribution in [1.29, 1.82) is 0 Å². The van der Waals surface area contributed by atoms with Crippen molar-refractivity contribution in [3.63, 3.8) is 0 Å². The van der Waals surface area contributed by atoms with Gasteiger partial charge < -0.3 is 19.9 Å². The molecule has 0 atom stereocenters.